The van der Waals surface area contributed by atoms with Crippen molar-refractivity contribution in [3.63, 3.8) is 0 Å². The van der Waals surface area contributed by atoms with E-state index in [1.165, 1.54) is 0 Å². The van der Waals surface area contributed by atoms with Gasteiger partial charge in [-0.1, -0.05) is 0 Å². The Bertz CT molecular complexity index is 604. The maximum absolute atomic E-state index is 12.4. The SMILES string of the molecule is CCNC(=NCCC(F)(F)F)N1CCC(c2cc(OC)cc(OC)c2)C1.I. The van der Waals surface area contributed by atoms with E-state index in [4.69, 9.17) is 9.47 Å². The molecule has 0 amide bonds. The molecule has 27 heavy (non-hydrogen) atoms. The largest absolute Gasteiger partial charge is 0.497 e. The third-order valence-corrected chi connectivity index (χ3v) is 4.32. The fourth-order valence-electron chi connectivity index (χ4n) is 3.00. The molecule has 5 nitrogen and oxygen atoms in total. The Morgan fingerprint density at radius 3 is 2.37 bits per heavy atom. The second kappa shape index (κ2) is 10.8. The lowest BCUT2D eigenvalue weighted by atomic mass is 9.98. The Labute approximate surface area is 175 Å². The van der Waals surface area contributed by atoms with Gasteiger partial charge in [-0.3, -0.25) is 4.99 Å². The van der Waals surface area contributed by atoms with Gasteiger partial charge in [-0.05, 0) is 31.0 Å². The van der Waals surface area contributed by atoms with E-state index in [9.17, 15) is 13.2 Å². The zero-order valence-electron chi connectivity index (χ0n) is 15.8. The molecule has 1 saturated heterocycles. The first-order chi connectivity index (χ1) is 12.4. The lowest BCUT2D eigenvalue weighted by molar-refractivity contribution is -0.132. The molecule has 1 unspecified atom stereocenters. The number of nitrogens with one attached hydrogen (secondary N) is 1. The molecular formula is C18H27F3IN3O2. The molecule has 0 aliphatic carbocycles. The van der Waals surface area contributed by atoms with Crippen molar-refractivity contribution in [3.05, 3.63) is 23.8 Å². The highest BCUT2D eigenvalue weighted by Crippen LogP contribution is 2.33. The molecule has 0 spiro atoms. The average Bonchev–Trinajstić information content (AvgIpc) is 3.09. The van der Waals surface area contributed by atoms with Gasteiger partial charge in [-0.15, -0.1) is 24.0 Å². The molecule has 1 aliphatic rings. The van der Waals surface area contributed by atoms with Crippen LogP contribution in [0.5, 0.6) is 11.5 Å². The highest BCUT2D eigenvalue weighted by atomic mass is 127. The fourth-order valence-corrected chi connectivity index (χ4v) is 3.00. The molecule has 1 atom stereocenters. The summed E-state index contributed by atoms with van der Waals surface area (Å²) < 4.78 is 47.7. The summed E-state index contributed by atoms with van der Waals surface area (Å²) in [5.41, 5.74) is 1.09. The molecule has 1 aliphatic heterocycles. The van der Waals surface area contributed by atoms with Crippen molar-refractivity contribution < 1.29 is 22.6 Å². The van der Waals surface area contributed by atoms with Gasteiger partial charge in [0, 0.05) is 31.6 Å². The number of guanidine groups is 1. The number of nitrogens with zero attached hydrogens (tertiary/aromatic N) is 2. The summed E-state index contributed by atoms with van der Waals surface area (Å²) in [6, 6.07) is 5.77. The van der Waals surface area contributed by atoms with Crippen molar-refractivity contribution >= 4 is 29.9 Å². The molecule has 1 fully saturated rings. The number of benzene rings is 1. The number of rotatable bonds is 6. The van der Waals surface area contributed by atoms with E-state index in [1.54, 1.807) is 14.2 Å². The number of methoxy groups -OCH3 is 2. The first-order valence-electron chi connectivity index (χ1n) is 8.69. The van der Waals surface area contributed by atoms with Crippen LogP contribution in [0.4, 0.5) is 13.2 Å². The van der Waals surface area contributed by atoms with Crippen LogP contribution >= 0.6 is 24.0 Å². The maximum atomic E-state index is 12.4. The minimum Gasteiger partial charge on any atom is -0.497 e. The number of halogens is 4. The van der Waals surface area contributed by atoms with Crippen LogP contribution in [0.3, 0.4) is 0 Å². The quantitative estimate of drug-likeness (QED) is 0.364. The van der Waals surface area contributed by atoms with Gasteiger partial charge < -0.3 is 19.7 Å². The lowest BCUT2D eigenvalue weighted by Gasteiger charge is -2.22. The second-order valence-corrected chi connectivity index (χ2v) is 6.18. The molecule has 154 valence electrons. The van der Waals surface area contributed by atoms with Crippen LogP contribution in [-0.4, -0.2) is 57.4 Å². The van der Waals surface area contributed by atoms with E-state index in [1.807, 2.05) is 30.0 Å². The van der Waals surface area contributed by atoms with E-state index >= 15 is 0 Å². The van der Waals surface area contributed by atoms with E-state index < -0.39 is 12.6 Å². The Kier molecular flexibility index (Phi) is 9.48. The summed E-state index contributed by atoms with van der Waals surface area (Å²) in [4.78, 5) is 6.15. The summed E-state index contributed by atoms with van der Waals surface area (Å²) in [5, 5.41) is 3.09. The summed E-state index contributed by atoms with van der Waals surface area (Å²) in [5.74, 6) is 2.23. The molecule has 2 rings (SSSR count). The molecule has 0 bridgehead atoms. The van der Waals surface area contributed by atoms with Crippen molar-refractivity contribution in [3.8, 4) is 11.5 Å². The van der Waals surface area contributed by atoms with Crippen LogP contribution in [0.2, 0.25) is 0 Å². The summed E-state index contributed by atoms with van der Waals surface area (Å²) >= 11 is 0. The van der Waals surface area contributed by atoms with Crippen molar-refractivity contribution in [2.75, 3.05) is 40.4 Å². The Balaban J connectivity index is 0.00000364. The van der Waals surface area contributed by atoms with Crippen molar-refractivity contribution in [2.24, 2.45) is 4.99 Å². The molecule has 1 N–H and O–H groups in total. The van der Waals surface area contributed by atoms with Gasteiger partial charge in [0.15, 0.2) is 5.96 Å². The molecule has 1 heterocycles. The van der Waals surface area contributed by atoms with Crippen molar-refractivity contribution in [1.29, 1.82) is 0 Å². The predicted octanol–water partition coefficient (Wildman–Crippen LogP) is 4.03. The third-order valence-electron chi connectivity index (χ3n) is 4.32. The van der Waals surface area contributed by atoms with E-state index in [2.05, 4.69) is 10.3 Å². The Hall–Kier alpha value is -1.39. The van der Waals surface area contributed by atoms with E-state index in [0.717, 1.165) is 30.0 Å². The number of likely N-dealkylation sites (tertiary alicyclic amines) is 1. The Morgan fingerprint density at radius 1 is 1.22 bits per heavy atom. The highest BCUT2D eigenvalue weighted by Gasteiger charge is 2.28. The maximum Gasteiger partial charge on any atom is 0.390 e. The standard InChI is InChI=1S/C18H26F3N3O2.HI/c1-4-22-17(23-7-6-18(19,20)21)24-8-5-13(12-24)14-9-15(25-2)11-16(10-14)26-3;/h9-11,13H,4-8,12H2,1-3H3,(H,22,23);1H. The number of ether oxygens (including phenoxy) is 2. The Morgan fingerprint density at radius 2 is 1.85 bits per heavy atom. The number of hydrogen-bond donors (Lipinski definition) is 1. The molecular weight excluding hydrogens is 474 g/mol. The van der Waals surface area contributed by atoms with Crippen LogP contribution in [0.25, 0.3) is 0 Å². The zero-order valence-corrected chi connectivity index (χ0v) is 18.1. The molecule has 1 aromatic rings. The summed E-state index contributed by atoms with van der Waals surface area (Å²) in [7, 11) is 3.21. The van der Waals surface area contributed by atoms with Crippen molar-refractivity contribution in [2.45, 2.75) is 31.9 Å². The monoisotopic (exact) mass is 501 g/mol. The highest BCUT2D eigenvalue weighted by molar-refractivity contribution is 14.0. The minimum atomic E-state index is -4.19. The van der Waals surface area contributed by atoms with Gasteiger partial charge in [0.1, 0.15) is 11.5 Å². The topological polar surface area (TPSA) is 46.1 Å². The minimum absolute atomic E-state index is 0. The van der Waals surface area contributed by atoms with Crippen LogP contribution in [0.15, 0.2) is 23.2 Å². The summed E-state index contributed by atoms with van der Waals surface area (Å²) in [6.07, 6.45) is -4.21. The van der Waals surface area contributed by atoms with Gasteiger partial charge in [-0.2, -0.15) is 13.2 Å². The first kappa shape index (κ1) is 23.6. The molecule has 9 heteroatoms. The van der Waals surface area contributed by atoms with Gasteiger partial charge in [-0.25, -0.2) is 0 Å². The normalized spacial score (nSPS) is 17.5. The van der Waals surface area contributed by atoms with Crippen molar-refractivity contribution in [1.82, 2.24) is 10.2 Å². The molecule has 1 aromatic carbocycles. The lowest BCUT2D eigenvalue weighted by Crippen LogP contribution is -2.40. The number of hydrogen-bond acceptors (Lipinski definition) is 3. The second-order valence-electron chi connectivity index (χ2n) is 6.18. The molecule has 0 aromatic heterocycles. The average molecular weight is 501 g/mol. The van der Waals surface area contributed by atoms with Gasteiger partial charge in [0.05, 0.1) is 27.2 Å². The van der Waals surface area contributed by atoms with Crippen LogP contribution in [0, 0.1) is 0 Å². The zero-order chi connectivity index (χ0) is 19.2. The predicted molar refractivity (Wildman–Crippen MR) is 111 cm³/mol. The van der Waals surface area contributed by atoms with Gasteiger partial charge >= 0.3 is 6.18 Å². The summed E-state index contributed by atoms with van der Waals surface area (Å²) in [6.45, 7) is 3.68. The van der Waals surface area contributed by atoms with Gasteiger partial charge in [0.25, 0.3) is 0 Å². The number of aliphatic imine (C=N–C) groups is 1. The van der Waals surface area contributed by atoms with Gasteiger partial charge in [0.2, 0.25) is 0 Å². The van der Waals surface area contributed by atoms with E-state index in [-0.39, 0.29) is 36.4 Å². The molecule has 0 saturated carbocycles. The smallest absolute Gasteiger partial charge is 0.390 e. The van der Waals surface area contributed by atoms with Crippen LogP contribution in [0.1, 0.15) is 31.2 Å². The van der Waals surface area contributed by atoms with Crippen LogP contribution < -0.4 is 14.8 Å². The molecule has 0 radical (unpaired) electrons. The van der Waals surface area contributed by atoms with E-state index in [0.29, 0.717) is 19.0 Å². The van der Waals surface area contributed by atoms with Crippen LogP contribution in [-0.2, 0) is 0 Å². The fraction of sp³-hybridized carbons (Fsp3) is 0.611. The third kappa shape index (κ3) is 7.27. The first-order valence-corrected chi connectivity index (χ1v) is 8.69. The number of alkyl halides is 3.